The molecule has 0 aliphatic carbocycles. The molecule has 1 N–H and O–H groups in total. The van der Waals surface area contributed by atoms with Gasteiger partial charge in [0.2, 0.25) is 0 Å². The first-order chi connectivity index (χ1) is 7.42. The largest absolute Gasteiger partial charge is 0.304 e. The van der Waals surface area contributed by atoms with Crippen LogP contribution in [0, 0.1) is 0 Å². The van der Waals surface area contributed by atoms with Crippen LogP contribution in [-0.2, 0) is 0 Å². The summed E-state index contributed by atoms with van der Waals surface area (Å²) >= 11 is 3.45. The Morgan fingerprint density at radius 2 is 2.40 bits per heavy atom. The summed E-state index contributed by atoms with van der Waals surface area (Å²) in [6.07, 6.45) is 3.01. The second-order valence-corrected chi connectivity index (χ2v) is 5.02. The van der Waals surface area contributed by atoms with Gasteiger partial charge in [-0.1, -0.05) is 6.92 Å². The van der Waals surface area contributed by atoms with Crippen LogP contribution in [0.1, 0.15) is 30.0 Å². The van der Waals surface area contributed by atoms with Crippen molar-refractivity contribution in [3.8, 4) is 0 Å². The molecule has 0 bridgehead atoms. The van der Waals surface area contributed by atoms with E-state index >= 15 is 0 Å². The van der Waals surface area contributed by atoms with Crippen LogP contribution in [0.25, 0.3) is 0 Å². The highest BCUT2D eigenvalue weighted by atomic mass is 32.1. The lowest BCUT2D eigenvalue weighted by molar-refractivity contribution is 0.597. The Kier molecular flexibility index (Phi) is 3.88. The molecule has 0 saturated heterocycles. The van der Waals surface area contributed by atoms with Crippen LogP contribution in [0.4, 0.5) is 0 Å². The molecule has 2 aromatic rings. The van der Waals surface area contributed by atoms with Crippen molar-refractivity contribution >= 4 is 22.7 Å². The topological polar surface area (TPSA) is 24.9 Å². The van der Waals surface area contributed by atoms with Gasteiger partial charge in [0, 0.05) is 11.6 Å². The lowest BCUT2D eigenvalue weighted by atomic mass is 10.1. The van der Waals surface area contributed by atoms with E-state index in [4.69, 9.17) is 0 Å². The summed E-state index contributed by atoms with van der Waals surface area (Å²) in [6.45, 7) is 3.21. The van der Waals surface area contributed by atoms with E-state index in [9.17, 15) is 0 Å². The van der Waals surface area contributed by atoms with Gasteiger partial charge in [-0.15, -0.1) is 11.3 Å². The molecule has 2 rings (SSSR count). The molecule has 0 fully saturated rings. The van der Waals surface area contributed by atoms with Gasteiger partial charge < -0.3 is 5.32 Å². The lowest BCUT2D eigenvalue weighted by Crippen LogP contribution is -2.22. The van der Waals surface area contributed by atoms with Gasteiger partial charge >= 0.3 is 0 Å². The molecule has 2 nitrogen and oxygen atoms in total. The number of hydrogen-bond donors (Lipinski definition) is 1. The van der Waals surface area contributed by atoms with E-state index in [1.165, 1.54) is 5.56 Å². The van der Waals surface area contributed by atoms with Crippen molar-refractivity contribution in [2.75, 3.05) is 6.54 Å². The van der Waals surface area contributed by atoms with E-state index in [-0.39, 0.29) is 6.04 Å². The summed E-state index contributed by atoms with van der Waals surface area (Å²) in [4.78, 5) is 4.39. The van der Waals surface area contributed by atoms with Crippen LogP contribution in [0.15, 0.2) is 28.4 Å². The average Bonchev–Trinajstić information content (AvgIpc) is 2.90. The van der Waals surface area contributed by atoms with Crippen molar-refractivity contribution in [1.82, 2.24) is 10.3 Å². The zero-order valence-electron chi connectivity index (χ0n) is 8.64. The summed E-state index contributed by atoms with van der Waals surface area (Å²) in [5.74, 6) is 0. The van der Waals surface area contributed by atoms with Gasteiger partial charge in [0.25, 0.3) is 0 Å². The number of nitrogens with one attached hydrogen (secondary N) is 1. The van der Waals surface area contributed by atoms with Crippen molar-refractivity contribution in [3.63, 3.8) is 0 Å². The maximum absolute atomic E-state index is 4.39. The fourth-order valence-electron chi connectivity index (χ4n) is 1.45. The first kappa shape index (κ1) is 10.8. The number of thiophene rings is 1. The van der Waals surface area contributed by atoms with E-state index in [1.54, 1.807) is 22.7 Å². The molecule has 0 aromatic carbocycles. The Morgan fingerprint density at radius 1 is 1.47 bits per heavy atom. The molecule has 0 spiro atoms. The van der Waals surface area contributed by atoms with Crippen molar-refractivity contribution in [3.05, 3.63) is 39.0 Å². The Balaban J connectivity index is 2.17. The van der Waals surface area contributed by atoms with Crippen LogP contribution >= 0.6 is 22.7 Å². The molecule has 1 unspecified atom stereocenters. The number of thiazole rings is 1. The minimum Gasteiger partial charge on any atom is -0.304 e. The van der Waals surface area contributed by atoms with Gasteiger partial charge in [-0.3, -0.25) is 0 Å². The molecule has 0 radical (unpaired) electrons. The number of nitrogens with zero attached hydrogens (tertiary/aromatic N) is 1. The van der Waals surface area contributed by atoms with Crippen LogP contribution in [-0.4, -0.2) is 11.5 Å². The molecule has 0 amide bonds. The van der Waals surface area contributed by atoms with E-state index in [0.717, 1.165) is 18.0 Å². The first-order valence-electron chi connectivity index (χ1n) is 5.06. The van der Waals surface area contributed by atoms with Crippen LogP contribution in [0.5, 0.6) is 0 Å². The zero-order chi connectivity index (χ0) is 10.5. The Morgan fingerprint density at radius 3 is 3.00 bits per heavy atom. The quantitative estimate of drug-likeness (QED) is 0.864. The van der Waals surface area contributed by atoms with E-state index in [1.807, 2.05) is 11.6 Å². The average molecular weight is 238 g/mol. The van der Waals surface area contributed by atoms with Gasteiger partial charge in [-0.25, -0.2) is 4.98 Å². The fourth-order valence-corrected chi connectivity index (χ4v) is 2.88. The van der Waals surface area contributed by atoms with Crippen LogP contribution in [0.3, 0.4) is 0 Å². The second-order valence-electron chi connectivity index (χ2n) is 3.31. The third kappa shape index (κ3) is 2.65. The van der Waals surface area contributed by atoms with Crippen LogP contribution < -0.4 is 5.32 Å². The standard InChI is InChI=1S/C11H14N2S2/c1-2-4-12-10(9-3-6-14-8-9)11-13-5-7-15-11/h3,5-8,10,12H,2,4H2,1H3. The van der Waals surface area contributed by atoms with Gasteiger partial charge in [-0.05, 0) is 35.4 Å². The van der Waals surface area contributed by atoms with Gasteiger partial charge in [-0.2, -0.15) is 11.3 Å². The van der Waals surface area contributed by atoms with E-state index in [2.05, 4.69) is 34.1 Å². The van der Waals surface area contributed by atoms with Gasteiger partial charge in [0.1, 0.15) is 5.01 Å². The van der Waals surface area contributed by atoms with Crippen molar-refractivity contribution in [2.45, 2.75) is 19.4 Å². The summed E-state index contributed by atoms with van der Waals surface area (Å²) in [5.41, 5.74) is 1.32. The third-order valence-electron chi connectivity index (χ3n) is 2.17. The maximum atomic E-state index is 4.39. The molecular formula is C11H14N2S2. The van der Waals surface area contributed by atoms with E-state index < -0.39 is 0 Å². The van der Waals surface area contributed by atoms with Gasteiger partial charge in [0.05, 0.1) is 6.04 Å². The normalized spacial score (nSPS) is 12.9. The second kappa shape index (κ2) is 5.39. The van der Waals surface area contributed by atoms with Crippen molar-refractivity contribution in [2.24, 2.45) is 0 Å². The lowest BCUT2D eigenvalue weighted by Gasteiger charge is -2.14. The Bertz CT molecular complexity index is 333. The molecule has 1 atom stereocenters. The first-order valence-corrected chi connectivity index (χ1v) is 6.89. The number of rotatable bonds is 5. The highest BCUT2D eigenvalue weighted by Crippen LogP contribution is 2.25. The molecular weight excluding hydrogens is 224 g/mol. The predicted octanol–water partition coefficient (Wildman–Crippen LogP) is 3.29. The number of aromatic nitrogens is 1. The van der Waals surface area contributed by atoms with Crippen LogP contribution in [0.2, 0.25) is 0 Å². The summed E-state index contributed by atoms with van der Waals surface area (Å²) in [7, 11) is 0. The SMILES string of the molecule is CCCNC(c1ccsc1)c1nccs1. The van der Waals surface area contributed by atoms with Gasteiger partial charge in [0.15, 0.2) is 0 Å². The minimum atomic E-state index is 0.274. The predicted molar refractivity (Wildman–Crippen MR) is 66.6 cm³/mol. The summed E-state index contributed by atoms with van der Waals surface area (Å²) < 4.78 is 0. The summed E-state index contributed by atoms with van der Waals surface area (Å²) in [6, 6.07) is 2.44. The molecule has 80 valence electrons. The fraction of sp³-hybridized carbons (Fsp3) is 0.364. The molecule has 4 heteroatoms. The Labute approximate surface area is 98.0 Å². The highest BCUT2D eigenvalue weighted by molar-refractivity contribution is 7.09. The molecule has 0 aliphatic heterocycles. The van der Waals surface area contributed by atoms with E-state index in [0.29, 0.717) is 0 Å². The summed E-state index contributed by atoms with van der Waals surface area (Å²) in [5, 5.41) is 11.0. The molecule has 0 aliphatic rings. The highest BCUT2D eigenvalue weighted by Gasteiger charge is 2.15. The zero-order valence-corrected chi connectivity index (χ0v) is 10.3. The minimum absolute atomic E-state index is 0.274. The molecule has 2 heterocycles. The monoisotopic (exact) mass is 238 g/mol. The molecule has 2 aromatic heterocycles. The van der Waals surface area contributed by atoms with Crippen molar-refractivity contribution in [1.29, 1.82) is 0 Å². The number of hydrogen-bond acceptors (Lipinski definition) is 4. The molecule has 15 heavy (non-hydrogen) atoms. The maximum Gasteiger partial charge on any atom is 0.114 e. The third-order valence-corrected chi connectivity index (χ3v) is 3.72. The van der Waals surface area contributed by atoms with Crippen molar-refractivity contribution < 1.29 is 0 Å². The Hall–Kier alpha value is -0.710. The smallest absolute Gasteiger partial charge is 0.114 e. The molecule has 0 saturated carbocycles.